The van der Waals surface area contributed by atoms with Gasteiger partial charge in [-0.2, -0.15) is 9.47 Å². The molecule has 7 heteroatoms. The van der Waals surface area contributed by atoms with E-state index in [-0.39, 0.29) is 5.91 Å². The Morgan fingerprint density at radius 2 is 2.09 bits per heavy atom. The van der Waals surface area contributed by atoms with E-state index < -0.39 is 0 Å². The van der Waals surface area contributed by atoms with Gasteiger partial charge in [0.2, 0.25) is 0 Å². The van der Waals surface area contributed by atoms with E-state index in [2.05, 4.69) is 9.47 Å². The fourth-order valence-corrected chi connectivity index (χ4v) is 3.06. The van der Waals surface area contributed by atoms with E-state index >= 15 is 0 Å². The molecule has 0 spiro atoms. The van der Waals surface area contributed by atoms with Crippen molar-refractivity contribution in [3.05, 3.63) is 33.6 Å². The minimum atomic E-state index is -0.00492. The highest BCUT2D eigenvalue weighted by Gasteiger charge is 2.19. The topological polar surface area (TPSA) is 60.2 Å². The van der Waals surface area contributed by atoms with Crippen LogP contribution in [0.25, 0.3) is 0 Å². The molecule has 0 aliphatic rings. The van der Waals surface area contributed by atoms with E-state index in [1.807, 2.05) is 32.5 Å². The van der Waals surface area contributed by atoms with E-state index in [0.29, 0.717) is 25.3 Å². The minimum absolute atomic E-state index is 0.00492. The number of methoxy groups -OCH3 is 1. The number of aromatic nitrogens is 3. The van der Waals surface area contributed by atoms with Crippen LogP contribution in [0.4, 0.5) is 0 Å². The Morgan fingerprint density at radius 1 is 1.36 bits per heavy atom. The smallest absolute Gasteiger partial charge is 0.256 e. The minimum Gasteiger partial charge on any atom is -0.383 e. The highest BCUT2D eigenvalue weighted by atomic mass is 32.1. The standard InChI is InChI=1S/C15H22N4O2S/c1-10-13(12(3)19(16-10)6-7-21-5)8-18(4)15(20)14-9-22-17-11(14)2/h9H,6-8H2,1-5H3. The Hall–Kier alpha value is -1.73. The van der Waals surface area contributed by atoms with Crippen molar-refractivity contribution in [2.45, 2.75) is 33.9 Å². The van der Waals surface area contributed by atoms with Crippen molar-refractivity contribution in [1.82, 2.24) is 19.1 Å². The Kier molecular flexibility index (Phi) is 5.31. The molecule has 0 fully saturated rings. The molecule has 0 saturated carbocycles. The van der Waals surface area contributed by atoms with Gasteiger partial charge in [-0.25, -0.2) is 0 Å². The molecule has 0 saturated heterocycles. The SMILES string of the molecule is COCCn1nc(C)c(CN(C)C(=O)c2csnc2C)c1C. The van der Waals surface area contributed by atoms with Gasteiger partial charge in [-0.15, -0.1) is 0 Å². The second kappa shape index (κ2) is 7.02. The third kappa shape index (κ3) is 3.36. The summed E-state index contributed by atoms with van der Waals surface area (Å²) in [5, 5.41) is 6.33. The lowest BCUT2D eigenvalue weighted by Crippen LogP contribution is -2.27. The summed E-state index contributed by atoms with van der Waals surface area (Å²) >= 11 is 1.31. The molecule has 2 rings (SSSR count). The van der Waals surface area contributed by atoms with Crippen LogP contribution in [0.2, 0.25) is 0 Å². The van der Waals surface area contributed by atoms with Crippen LogP contribution in [0.3, 0.4) is 0 Å². The van der Waals surface area contributed by atoms with Crippen LogP contribution in [-0.2, 0) is 17.8 Å². The first-order valence-corrected chi connectivity index (χ1v) is 7.97. The van der Waals surface area contributed by atoms with E-state index in [0.717, 1.165) is 22.6 Å². The van der Waals surface area contributed by atoms with Gasteiger partial charge in [0.05, 0.1) is 30.1 Å². The monoisotopic (exact) mass is 322 g/mol. The van der Waals surface area contributed by atoms with E-state index in [9.17, 15) is 4.79 Å². The van der Waals surface area contributed by atoms with Crippen molar-refractivity contribution in [1.29, 1.82) is 0 Å². The van der Waals surface area contributed by atoms with Gasteiger partial charge in [0.1, 0.15) is 0 Å². The number of amides is 1. The van der Waals surface area contributed by atoms with Crippen LogP contribution >= 0.6 is 11.5 Å². The van der Waals surface area contributed by atoms with Gasteiger partial charge in [0.15, 0.2) is 0 Å². The number of carbonyl (C=O) groups is 1. The highest BCUT2D eigenvalue weighted by Crippen LogP contribution is 2.18. The van der Waals surface area contributed by atoms with E-state index in [4.69, 9.17) is 4.74 Å². The summed E-state index contributed by atoms with van der Waals surface area (Å²) in [5.41, 5.74) is 4.58. The average Bonchev–Trinajstić information content (AvgIpc) is 3.02. The molecule has 6 nitrogen and oxygen atoms in total. The van der Waals surface area contributed by atoms with Gasteiger partial charge in [-0.1, -0.05) is 0 Å². The third-order valence-corrected chi connectivity index (χ3v) is 4.48. The number of carbonyl (C=O) groups excluding carboxylic acids is 1. The fraction of sp³-hybridized carbons (Fsp3) is 0.533. The molecule has 0 aromatic carbocycles. The maximum atomic E-state index is 12.5. The first kappa shape index (κ1) is 16.6. The predicted octanol–water partition coefficient (Wildman–Crippen LogP) is 2.18. The second-order valence-corrected chi connectivity index (χ2v) is 5.97. The number of hydrogen-bond acceptors (Lipinski definition) is 5. The van der Waals surface area contributed by atoms with Crippen molar-refractivity contribution in [3.63, 3.8) is 0 Å². The van der Waals surface area contributed by atoms with Crippen molar-refractivity contribution < 1.29 is 9.53 Å². The zero-order valence-corrected chi connectivity index (χ0v) is 14.5. The molecule has 0 N–H and O–H groups in total. The molecule has 2 heterocycles. The van der Waals surface area contributed by atoms with Crippen LogP contribution in [0.1, 0.15) is 33.0 Å². The number of hydrogen-bond donors (Lipinski definition) is 0. The molecule has 0 radical (unpaired) electrons. The zero-order chi connectivity index (χ0) is 16.3. The molecule has 0 aliphatic carbocycles. The molecule has 1 amide bonds. The molecular weight excluding hydrogens is 300 g/mol. The molecule has 2 aromatic rings. The zero-order valence-electron chi connectivity index (χ0n) is 13.7. The largest absolute Gasteiger partial charge is 0.383 e. The lowest BCUT2D eigenvalue weighted by Gasteiger charge is -2.17. The quantitative estimate of drug-likeness (QED) is 0.818. The Labute approximate surface area is 134 Å². The molecule has 22 heavy (non-hydrogen) atoms. The molecule has 0 unspecified atom stereocenters. The van der Waals surface area contributed by atoms with Crippen molar-refractivity contribution in [3.8, 4) is 0 Å². The molecular formula is C15H22N4O2S. The number of ether oxygens (including phenoxy) is 1. The maximum absolute atomic E-state index is 12.5. The average molecular weight is 322 g/mol. The van der Waals surface area contributed by atoms with Crippen LogP contribution in [-0.4, -0.2) is 45.7 Å². The predicted molar refractivity (Wildman–Crippen MR) is 86.2 cm³/mol. The number of aryl methyl sites for hydroxylation is 2. The Bertz CT molecular complexity index is 663. The van der Waals surface area contributed by atoms with Gasteiger partial charge in [0.25, 0.3) is 5.91 Å². The molecule has 0 aliphatic heterocycles. The first-order valence-electron chi connectivity index (χ1n) is 7.14. The second-order valence-electron chi connectivity index (χ2n) is 5.34. The first-order chi connectivity index (χ1) is 10.5. The summed E-state index contributed by atoms with van der Waals surface area (Å²) in [6.07, 6.45) is 0. The third-order valence-electron chi connectivity index (χ3n) is 3.76. The van der Waals surface area contributed by atoms with Gasteiger partial charge < -0.3 is 9.64 Å². The summed E-state index contributed by atoms with van der Waals surface area (Å²) in [7, 11) is 3.49. The van der Waals surface area contributed by atoms with Crippen LogP contribution in [0.5, 0.6) is 0 Å². The summed E-state index contributed by atoms with van der Waals surface area (Å²) in [6, 6.07) is 0. The van der Waals surface area contributed by atoms with Gasteiger partial charge >= 0.3 is 0 Å². The summed E-state index contributed by atoms with van der Waals surface area (Å²) in [5.74, 6) is -0.00492. The maximum Gasteiger partial charge on any atom is 0.256 e. The highest BCUT2D eigenvalue weighted by molar-refractivity contribution is 7.03. The van der Waals surface area contributed by atoms with Crippen molar-refractivity contribution >= 4 is 17.4 Å². The number of rotatable bonds is 6. The molecule has 2 aromatic heterocycles. The molecule has 0 atom stereocenters. The molecule has 120 valence electrons. The van der Waals surface area contributed by atoms with Crippen molar-refractivity contribution in [2.75, 3.05) is 20.8 Å². The normalized spacial score (nSPS) is 11.0. The summed E-state index contributed by atoms with van der Waals surface area (Å²) in [6.45, 7) is 7.74. The molecule has 0 bridgehead atoms. The van der Waals surface area contributed by atoms with Crippen LogP contribution < -0.4 is 0 Å². The van der Waals surface area contributed by atoms with E-state index in [1.54, 1.807) is 17.4 Å². The van der Waals surface area contributed by atoms with Crippen LogP contribution in [0, 0.1) is 20.8 Å². The summed E-state index contributed by atoms with van der Waals surface area (Å²) < 4.78 is 11.2. The van der Waals surface area contributed by atoms with Crippen LogP contribution in [0.15, 0.2) is 5.38 Å². The Morgan fingerprint density at radius 3 is 2.68 bits per heavy atom. The Balaban J connectivity index is 2.15. The van der Waals surface area contributed by atoms with Gasteiger partial charge in [-0.05, 0) is 32.3 Å². The van der Waals surface area contributed by atoms with Gasteiger partial charge in [0, 0.05) is 37.3 Å². The lowest BCUT2D eigenvalue weighted by atomic mass is 10.1. The lowest BCUT2D eigenvalue weighted by molar-refractivity contribution is 0.0784. The summed E-state index contributed by atoms with van der Waals surface area (Å²) in [4.78, 5) is 14.2. The number of nitrogens with zero attached hydrogens (tertiary/aromatic N) is 4. The van der Waals surface area contributed by atoms with Crippen molar-refractivity contribution in [2.24, 2.45) is 0 Å². The van der Waals surface area contributed by atoms with Gasteiger partial charge in [-0.3, -0.25) is 9.48 Å². The van der Waals surface area contributed by atoms with E-state index in [1.165, 1.54) is 11.5 Å². The fourth-order valence-electron chi connectivity index (χ4n) is 2.37.